The standard InChI is InChI=1S/C15H24N4O2/c1-13-14(4-3-5-15(13)19(20)21)12-17(2)10-11-18-8-6-16-7-9-18/h3-5,16H,6-12H2,1-2H3. The van der Waals surface area contributed by atoms with Gasteiger partial charge >= 0.3 is 0 Å². The van der Waals surface area contributed by atoms with Crippen molar-refractivity contribution in [1.29, 1.82) is 0 Å². The van der Waals surface area contributed by atoms with Gasteiger partial charge in [-0.1, -0.05) is 12.1 Å². The van der Waals surface area contributed by atoms with Gasteiger partial charge in [0.05, 0.1) is 4.92 Å². The van der Waals surface area contributed by atoms with Crippen LogP contribution in [0.15, 0.2) is 18.2 Å². The van der Waals surface area contributed by atoms with Crippen molar-refractivity contribution in [3.63, 3.8) is 0 Å². The average Bonchev–Trinajstić information content (AvgIpc) is 2.48. The Bertz CT molecular complexity index is 487. The van der Waals surface area contributed by atoms with Crippen molar-refractivity contribution < 1.29 is 4.92 Å². The van der Waals surface area contributed by atoms with Gasteiger partial charge in [0.25, 0.3) is 5.69 Å². The molecule has 1 fully saturated rings. The van der Waals surface area contributed by atoms with Crippen LogP contribution in [0.2, 0.25) is 0 Å². The summed E-state index contributed by atoms with van der Waals surface area (Å²) in [4.78, 5) is 15.3. The van der Waals surface area contributed by atoms with Crippen LogP contribution in [0, 0.1) is 17.0 Å². The van der Waals surface area contributed by atoms with Crippen LogP contribution in [0.1, 0.15) is 11.1 Å². The van der Waals surface area contributed by atoms with Gasteiger partial charge in [-0.05, 0) is 19.5 Å². The average molecular weight is 292 g/mol. The number of piperazine rings is 1. The maximum absolute atomic E-state index is 11.0. The fraction of sp³-hybridized carbons (Fsp3) is 0.600. The van der Waals surface area contributed by atoms with Gasteiger partial charge in [0, 0.05) is 57.4 Å². The number of nitro benzene ring substituents is 1. The van der Waals surface area contributed by atoms with Crippen molar-refractivity contribution in [1.82, 2.24) is 15.1 Å². The molecule has 2 rings (SSSR count). The lowest BCUT2D eigenvalue weighted by molar-refractivity contribution is -0.385. The van der Waals surface area contributed by atoms with E-state index in [1.807, 2.05) is 13.0 Å². The molecule has 1 aromatic rings. The van der Waals surface area contributed by atoms with E-state index in [9.17, 15) is 10.1 Å². The minimum absolute atomic E-state index is 0.211. The molecule has 1 heterocycles. The molecular weight excluding hydrogens is 268 g/mol. The number of benzene rings is 1. The summed E-state index contributed by atoms with van der Waals surface area (Å²) in [6, 6.07) is 5.31. The molecule has 1 aromatic carbocycles. The molecule has 1 aliphatic heterocycles. The molecule has 0 atom stereocenters. The number of rotatable bonds is 6. The third-order valence-corrected chi connectivity index (χ3v) is 4.06. The molecule has 6 nitrogen and oxygen atoms in total. The predicted molar refractivity (Wildman–Crippen MR) is 83.5 cm³/mol. The minimum atomic E-state index is -0.306. The zero-order chi connectivity index (χ0) is 15.2. The highest BCUT2D eigenvalue weighted by Gasteiger charge is 2.15. The van der Waals surface area contributed by atoms with Gasteiger partial charge in [-0.3, -0.25) is 15.0 Å². The lowest BCUT2D eigenvalue weighted by Crippen LogP contribution is -2.45. The van der Waals surface area contributed by atoms with Gasteiger partial charge in [0.15, 0.2) is 0 Å². The summed E-state index contributed by atoms with van der Waals surface area (Å²) in [6.07, 6.45) is 0. The first-order valence-electron chi connectivity index (χ1n) is 7.42. The molecule has 0 spiro atoms. The molecule has 1 N–H and O–H groups in total. The second-order valence-electron chi connectivity index (χ2n) is 5.65. The van der Waals surface area contributed by atoms with Gasteiger partial charge in [-0.2, -0.15) is 0 Å². The fourth-order valence-electron chi connectivity index (χ4n) is 2.66. The Kier molecular flexibility index (Phi) is 5.67. The van der Waals surface area contributed by atoms with Crippen molar-refractivity contribution in [3.05, 3.63) is 39.4 Å². The zero-order valence-corrected chi connectivity index (χ0v) is 12.8. The van der Waals surface area contributed by atoms with E-state index < -0.39 is 0 Å². The van der Waals surface area contributed by atoms with Crippen molar-refractivity contribution >= 4 is 5.69 Å². The topological polar surface area (TPSA) is 61.6 Å². The normalized spacial score (nSPS) is 16.3. The molecule has 0 aromatic heterocycles. The van der Waals surface area contributed by atoms with Crippen LogP contribution in [0.4, 0.5) is 5.69 Å². The van der Waals surface area contributed by atoms with E-state index in [1.54, 1.807) is 12.1 Å². The molecule has 0 amide bonds. The Morgan fingerprint density at radius 3 is 2.76 bits per heavy atom. The lowest BCUT2D eigenvalue weighted by Gasteiger charge is -2.29. The summed E-state index contributed by atoms with van der Waals surface area (Å²) in [5.41, 5.74) is 2.02. The molecule has 0 unspecified atom stereocenters. The SMILES string of the molecule is Cc1c(CN(C)CCN2CCNCC2)cccc1[N+](=O)[O-]. The van der Waals surface area contributed by atoms with Gasteiger partial charge in [0.2, 0.25) is 0 Å². The maximum Gasteiger partial charge on any atom is 0.272 e. The Labute approximate surface area is 125 Å². The van der Waals surface area contributed by atoms with E-state index >= 15 is 0 Å². The molecule has 0 bridgehead atoms. The van der Waals surface area contributed by atoms with Crippen molar-refractivity contribution in [2.24, 2.45) is 0 Å². The van der Waals surface area contributed by atoms with E-state index in [1.165, 1.54) is 0 Å². The van der Waals surface area contributed by atoms with E-state index in [0.717, 1.165) is 56.9 Å². The highest BCUT2D eigenvalue weighted by Crippen LogP contribution is 2.21. The Morgan fingerprint density at radius 2 is 2.10 bits per heavy atom. The van der Waals surface area contributed by atoms with Crippen molar-refractivity contribution in [3.8, 4) is 0 Å². The highest BCUT2D eigenvalue weighted by molar-refractivity contribution is 5.44. The summed E-state index contributed by atoms with van der Waals surface area (Å²) in [7, 11) is 2.07. The number of nitrogens with zero attached hydrogens (tertiary/aromatic N) is 3. The van der Waals surface area contributed by atoms with Crippen LogP contribution >= 0.6 is 0 Å². The third kappa shape index (κ3) is 4.49. The summed E-state index contributed by atoms with van der Waals surface area (Å²) < 4.78 is 0. The van der Waals surface area contributed by atoms with Gasteiger partial charge in [0.1, 0.15) is 0 Å². The smallest absolute Gasteiger partial charge is 0.272 e. The van der Waals surface area contributed by atoms with E-state index in [0.29, 0.717) is 0 Å². The van der Waals surface area contributed by atoms with Crippen molar-refractivity contribution in [2.45, 2.75) is 13.5 Å². The molecule has 0 radical (unpaired) electrons. The van der Waals surface area contributed by atoms with E-state index in [4.69, 9.17) is 0 Å². The number of hydrogen-bond acceptors (Lipinski definition) is 5. The Balaban J connectivity index is 1.88. The highest BCUT2D eigenvalue weighted by atomic mass is 16.6. The first-order valence-corrected chi connectivity index (χ1v) is 7.42. The first-order chi connectivity index (χ1) is 10.1. The van der Waals surface area contributed by atoms with Crippen molar-refractivity contribution in [2.75, 3.05) is 46.3 Å². The van der Waals surface area contributed by atoms with Crippen LogP contribution in [0.25, 0.3) is 0 Å². The number of nitro groups is 1. The monoisotopic (exact) mass is 292 g/mol. The molecular formula is C15H24N4O2. The van der Waals surface area contributed by atoms with Gasteiger partial charge in [-0.25, -0.2) is 0 Å². The predicted octanol–water partition coefficient (Wildman–Crippen LogP) is 1.24. The zero-order valence-electron chi connectivity index (χ0n) is 12.8. The molecule has 6 heteroatoms. The third-order valence-electron chi connectivity index (χ3n) is 4.06. The number of nitrogens with one attached hydrogen (secondary N) is 1. The van der Waals surface area contributed by atoms with Gasteiger partial charge in [-0.15, -0.1) is 0 Å². The lowest BCUT2D eigenvalue weighted by atomic mass is 10.1. The summed E-state index contributed by atoms with van der Waals surface area (Å²) in [6.45, 7) is 8.93. The van der Waals surface area contributed by atoms with Crippen LogP contribution in [0.5, 0.6) is 0 Å². The minimum Gasteiger partial charge on any atom is -0.314 e. The Hall–Kier alpha value is -1.50. The van der Waals surface area contributed by atoms with E-state index in [2.05, 4.69) is 22.2 Å². The fourth-order valence-corrected chi connectivity index (χ4v) is 2.66. The van der Waals surface area contributed by atoms with Gasteiger partial charge < -0.3 is 10.2 Å². The summed E-state index contributed by atoms with van der Waals surface area (Å²) >= 11 is 0. The molecule has 21 heavy (non-hydrogen) atoms. The molecule has 0 saturated carbocycles. The molecule has 116 valence electrons. The Morgan fingerprint density at radius 1 is 1.38 bits per heavy atom. The van der Waals surface area contributed by atoms with Crippen LogP contribution in [-0.4, -0.2) is 61.0 Å². The quantitative estimate of drug-likeness (QED) is 0.631. The number of likely N-dealkylation sites (N-methyl/N-ethyl adjacent to an activating group) is 1. The first kappa shape index (κ1) is 15.9. The molecule has 0 aliphatic carbocycles. The van der Waals surface area contributed by atoms with Crippen LogP contribution in [0.3, 0.4) is 0 Å². The maximum atomic E-state index is 11.0. The summed E-state index contributed by atoms with van der Waals surface area (Å²) in [5.74, 6) is 0. The molecule has 1 aliphatic rings. The largest absolute Gasteiger partial charge is 0.314 e. The molecule has 1 saturated heterocycles. The number of hydrogen-bond donors (Lipinski definition) is 1. The second-order valence-corrected chi connectivity index (χ2v) is 5.65. The van der Waals surface area contributed by atoms with Crippen LogP contribution in [-0.2, 0) is 6.54 Å². The summed E-state index contributed by atoms with van der Waals surface area (Å²) in [5, 5.41) is 14.3. The van der Waals surface area contributed by atoms with Crippen LogP contribution < -0.4 is 5.32 Å². The second kappa shape index (κ2) is 7.49. The van der Waals surface area contributed by atoms with E-state index in [-0.39, 0.29) is 10.6 Å².